The van der Waals surface area contributed by atoms with Gasteiger partial charge in [0.05, 0.1) is 6.54 Å². The quantitative estimate of drug-likeness (QED) is 0.372. The van der Waals surface area contributed by atoms with Gasteiger partial charge in [0.25, 0.3) is 0 Å². The maximum Gasteiger partial charge on any atom is 0.123 e. The minimum Gasteiger partial charge on any atom is -0.489 e. The third kappa shape index (κ3) is 6.28. The van der Waals surface area contributed by atoms with Gasteiger partial charge in [0, 0.05) is 5.69 Å². The molecule has 2 atom stereocenters. The molecule has 0 saturated carbocycles. The van der Waals surface area contributed by atoms with Gasteiger partial charge in [0.1, 0.15) is 24.2 Å². The molecule has 0 saturated heterocycles. The highest BCUT2D eigenvalue weighted by Gasteiger charge is 2.14. The van der Waals surface area contributed by atoms with Gasteiger partial charge in [-0.05, 0) is 60.2 Å². The summed E-state index contributed by atoms with van der Waals surface area (Å²) in [5, 5.41) is 3.50. The number of para-hydroxylation sites is 1. The third-order valence-corrected chi connectivity index (χ3v) is 5.45. The van der Waals surface area contributed by atoms with Crippen LogP contribution in [0.4, 0.5) is 5.69 Å². The number of hydrogen-bond donors (Lipinski definition) is 1. The van der Waals surface area contributed by atoms with E-state index in [-0.39, 0.29) is 6.10 Å². The molecule has 30 heavy (non-hydrogen) atoms. The number of hydrogen-bond acceptors (Lipinski definition) is 3. The minimum atomic E-state index is 0.115. The molecule has 0 aliphatic carbocycles. The lowest BCUT2D eigenvalue weighted by Gasteiger charge is -2.22. The molecule has 0 bridgehead atoms. The molecule has 3 aromatic rings. The van der Waals surface area contributed by atoms with E-state index in [2.05, 4.69) is 74.6 Å². The maximum atomic E-state index is 6.36. The van der Waals surface area contributed by atoms with E-state index < -0.39 is 0 Å². The smallest absolute Gasteiger partial charge is 0.123 e. The first-order valence-corrected chi connectivity index (χ1v) is 11.0. The highest BCUT2D eigenvalue weighted by atomic mass is 16.5. The molecule has 0 spiro atoms. The van der Waals surface area contributed by atoms with Crippen LogP contribution in [0.1, 0.15) is 50.7 Å². The molecular formula is C27H33NO2. The second kappa shape index (κ2) is 11.3. The fourth-order valence-corrected chi connectivity index (χ4v) is 3.31. The number of nitrogens with one attached hydrogen (secondary N) is 1. The number of rotatable bonds is 11. The van der Waals surface area contributed by atoms with Gasteiger partial charge in [-0.2, -0.15) is 0 Å². The first-order valence-electron chi connectivity index (χ1n) is 11.0. The molecule has 2 unspecified atom stereocenters. The van der Waals surface area contributed by atoms with Crippen molar-refractivity contribution in [1.82, 2.24) is 0 Å². The van der Waals surface area contributed by atoms with E-state index in [0.717, 1.165) is 36.6 Å². The Morgan fingerprint density at radius 3 is 2.20 bits per heavy atom. The average molecular weight is 404 g/mol. The van der Waals surface area contributed by atoms with Crippen molar-refractivity contribution in [2.75, 3.05) is 11.9 Å². The molecule has 158 valence electrons. The summed E-state index contributed by atoms with van der Waals surface area (Å²) in [6, 6.07) is 26.7. The summed E-state index contributed by atoms with van der Waals surface area (Å²) >= 11 is 0. The van der Waals surface area contributed by atoms with Crippen molar-refractivity contribution in [3.8, 4) is 11.5 Å². The Morgan fingerprint density at radius 1 is 0.800 bits per heavy atom. The van der Waals surface area contributed by atoms with Gasteiger partial charge in [0.15, 0.2) is 0 Å². The molecule has 0 heterocycles. The van der Waals surface area contributed by atoms with Crippen LogP contribution >= 0.6 is 0 Å². The van der Waals surface area contributed by atoms with Crippen LogP contribution in [0, 0.1) is 0 Å². The van der Waals surface area contributed by atoms with Crippen molar-refractivity contribution < 1.29 is 9.47 Å². The Labute approximate surface area is 181 Å². The third-order valence-electron chi connectivity index (χ3n) is 5.45. The van der Waals surface area contributed by atoms with E-state index in [1.807, 2.05) is 30.3 Å². The summed E-state index contributed by atoms with van der Waals surface area (Å²) < 4.78 is 12.2. The monoisotopic (exact) mass is 403 g/mol. The normalized spacial score (nSPS) is 12.8. The standard InChI is InChI=1S/C27H33NO2/c1-4-21(3)26-13-9-10-14-27(26)30-24(5-2)19-28-23-15-17-25(18-16-23)29-20-22-11-7-6-8-12-22/h6-18,21,24,28H,4-5,19-20H2,1-3H3. The Balaban J connectivity index is 1.52. The molecule has 3 aromatic carbocycles. The van der Waals surface area contributed by atoms with Crippen molar-refractivity contribution in [3.05, 3.63) is 90.0 Å². The zero-order chi connectivity index (χ0) is 21.2. The molecule has 3 rings (SSSR count). The Hall–Kier alpha value is -2.94. The Kier molecular flexibility index (Phi) is 8.20. The van der Waals surface area contributed by atoms with Gasteiger partial charge >= 0.3 is 0 Å². The molecule has 0 radical (unpaired) electrons. The molecule has 0 aromatic heterocycles. The summed E-state index contributed by atoms with van der Waals surface area (Å²) in [7, 11) is 0. The summed E-state index contributed by atoms with van der Waals surface area (Å²) in [6.07, 6.45) is 2.16. The molecule has 0 amide bonds. The van der Waals surface area contributed by atoms with Crippen molar-refractivity contribution in [2.24, 2.45) is 0 Å². The predicted octanol–water partition coefficient (Wildman–Crippen LogP) is 7.05. The van der Waals surface area contributed by atoms with Gasteiger partial charge in [0.2, 0.25) is 0 Å². The van der Waals surface area contributed by atoms with Gasteiger partial charge in [-0.3, -0.25) is 0 Å². The SMILES string of the molecule is CCC(CNc1ccc(OCc2ccccc2)cc1)Oc1ccccc1C(C)CC. The van der Waals surface area contributed by atoms with Crippen LogP contribution < -0.4 is 14.8 Å². The van der Waals surface area contributed by atoms with Crippen LogP contribution in [-0.4, -0.2) is 12.6 Å². The second-order valence-electron chi connectivity index (χ2n) is 7.67. The number of ether oxygens (including phenoxy) is 2. The Morgan fingerprint density at radius 2 is 1.50 bits per heavy atom. The second-order valence-corrected chi connectivity index (χ2v) is 7.67. The van der Waals surface area contributed by atoms with Gasteiger partial charge in [-0.25, -0.2) is 0 Å². The minimum absolute atomic E-state index is 0.115. The highest BCUT2D eigenvalue weighted by Crippen LogP contribution is 2.29. The summed E-state index contributed by atoms with van der Waals surface area (Å²) in [5.74, 6) is 2.37. The highest BCUT2D eigenvalue weighted by molar-refractivity contribution is 5.46. The topological polar surface area (TPSA) is 30.5 Å². The zero-order valence-corrected chi connectivity index (χ0v) is 18.3. The van der Waals surface area contributed by atoms with E-state index >= 15 is 0 Å². The molecule has 0 aliphatic rings. The Bertz CT molecular complexity index is 877. The predicted molar refractivity (Wildman–Crippen MR) is 126 cm³/mol. The van der Waals surface area contributed by atoms with Crippen LogP contribution in [0.5, 0.6) is 11.5 Å². The van der Waals surface area contributed by atoms with Crippen molar-refractivity contribution >= 4 is 5.69 Å². The van der Waals surface area contributed by atoms with E-state index in [1.54, 1.807) is 0 Å². The number of benzene rings is 3. The van der Waals surface area contributed by atoms with Crippen LogP contribution in [-0.2, 0) is 6.61 Å². The molecule has 1 N–H and O–H groups in total. The van der Waals surface area contributed by atoms with E-state index in [1.165, 1.54) is 11.1 Å². The lowest BCUT2D eigenvalue weighted by atomic mass is 9.98. The fourth-order valence-electron chi connectivity index (χ4n) is 3.31. The van der Waals surface area contributed by atoms with Crippen molar-refractivity contribution in [3.63, 3.8) is 0 Å². The van der Waals surface area contributed by atoms with Gasteiger partial charge in [-0.1, -0.05) is 69.3 Å². The van der Waals surface area contributed by atoms with Crippen molar-refractivity contribution in [1.29, 1.82) is 0 Å². The first-order chi connectivity index (χ1) is 14.7. The van der Waals surface area contributed by atoms with Gasteiger partial charge in [-0.15, -0.1) is 0 Å². The number of anilines is 1. The molecule has 0 aliphatic heterocycles. The summed E-state index contributed by atoms with van der Waals surface area (Å²) in [4.78, 5) is 0. The van der Waals surface area contributed by atoms with Crippen LogP contribution in [0.15, 0.2) is 78.9 Å². The average Bonchev–Trinajstić information content (AvgIpc) is 2.81. The van der Waals surface area contributed by atoms with E-state index in [4.69, 9.17) is 9.47 Å². The van der Waals surface area contributed by atoms with E-state index in [0.29, 0.717) is 12.5 Å². The molecule has 3 nitrogen and oxygen atoms in total. The van der Waals surface area contributed by atoms with Gasteiger partial charge < -0.3 is 14.8 Å². The lowest BCUT2D eigenvalue weighted by Crippen LogP contribution is -2.26. The van der Waals surface area contributed by atoms with Crippen LogP contribution in [0.25, 0.3) is 0 Å². The molecule has 3 heteroatoms. The molecular weight excluding hydrogens is 370 g/mol. The molecule has 0 fully saturated rings. The maximum absolute atomic E-state index is 6.36. The lowest BCUT2D eigenvalue weighted by molar-refractivity contribution is 0.207. The summed E-state index contributed by atoms with van der Waals surface area (Å²) in [5.41, 5.74) is 3.53. The first kappa shape index (κ1) is 21.8. The summed E-state index contributed by atoms with van der Waals surface area (Å²) in [6.45, 7) is 7.97. The van der Waals surface area contributed by atoms with Crippen molar-refractivity contribution in [2.45, 2.75) is 52.2 Å². The van der Waals surface area contributed by atoms with E-state index in [9.17, 15) is 0 Å². The van der Waals surface area contributed by atoms with Crippen LogP contribution in [0.3, 0.4) is 0 Å². The zero-order valence-electron chi connectivity index (χ0n) is 18.3. The fraction of sp³-hybridized carbons (Fsp3) is 0.333. The largest absolute Gasteiger partial charge is 0.489 e. The van der Waals surface area contributed by atoms with Crippen LogP contribution in [0.2, 0.25) is 0 Å².